The maximum absolute atomic E-state index is 12.4. The fraction of sp³-hybridized carbons (Fsp3) is 0.667. The highest BCUT2D eigenvalue weighted by Crippen LogP contribution is 2.37. The zero-order valence-corrected chi connectivity index (χ0v) is 17.6. The standard InChI is InChI=1S/C21H33N3O2S/c1-15(24-13-16(2)26-17(3)14-24)12-22-21(25)23-19-10-6-7-11-20(19)27-18-8-4-5-9-18/h6-7,10-11,15-18H,4-5,8-9,12-14H2,1-3H3,(H2,22,23,25)/t15-,16-,17-/m1/s1. The van der Waals surface area contributed by atoms with Crippen LogP contribution in [0.4, 0.5) is 10.5 Å². The van der Waals surface area contributed by atoms with Crippen LogP contribution in [0.15, 0.2) is 29.2 Å². The molecule has 1 aliphatic carbocycles. The average Bonchev–Trinajstić information content (AvgIpc) is 3.13. The first-order valence-corrected chi connectivity index (χ1v) is 11.1. The van der Waals surface area contributed by atoms with E-state index in [1.807, 2.05) is 30.0 Å². The summed E-state index contributed by atoms with van der Waals surface area (Å²) >= 11 is 1.90. The van der Waals surface area contributed by atoms with Crippen molar-refractivity contribution >= 4 is 23.5 Å². The van der Waals surface area contributed by atoms with Crippen LogP contribution < -0.4 is 10.6 Å². The molecule has 2 N–H and O–H groups in total. The topological polar surface area (TPSA) is 53.6 Å². The van der Waals surface area contributed by atoms with Crippen LogP contribution >= 0.6 is 11.8 Å². The van der Waals surface area contributed by atoms with Gasteiger partial charge in [0.15, 0.2) is 0 Å². The zero-order chi connectivity index (χ0) is 19.2. The van der Waals surface area contributed by atoms with E-state index in [2.05, 4.69) is 42.4 Å². The molecule has 3 rings (SSSR count). The normalized spacial score (nSPS) is 25.3. The lowest BCUT2D eigenvalue weighted by molar-refractivity contribution is -0.0777. The van der Waals surface area contributed by atoms with E-state index in [9.17, 15) is 4.79 Å². The second kappa shape index (κ2) is 9.80. The molecule has 0 bridgehead atoms. The summed E-state index contributed by atoms with van der Waals surface area (Å²) in [7, 11) is 0. The lowest BCUT2D eigenvalue weighted by Crippen LogP contribution is -2.52. The molecule has 1 saturated carbocycles. The van der Waals surface area contributed by atoms with Crippen LogP contribution in [0.1, 0.15) is 46.5 Å². The molecule has 1 aromatic carbocycles. The Labute approximate surface area is 167 Å². The lowest BCUT2D eigenvalue weighted by atomic mass is 10.2. The van der Waals surface area contributed by atoms with Crippen molar-refractivity contribution in [2.24, 2.45) is 0 Å². The number of amides is 2. The maximum Gasteiger partial charge on any atom is 0.319 e. The van der Waals surface area contributed by atoms with Crippen molar-refractivity contribution in [3.05, 3.63) is 24.3 Å². The minimum Gasteiger partial charge on any atom is -0.373 e. The quantitative estimate of drug-likeness (QED) is 0.757. The van der Waals surface area contributed by atoms with Gasteiger partial charge in [-0.1, -0.05) is 25.0 Å². The largest absolute Gasteiger partial charge is 0.373 e. The van der Waals surface area contributed by atoms with Gasteiger partial charge in [-0.15, -0.1) is 11.8 Å². The second-order valence-electron chi connectivity index (χ2n) is 7.92. The molecule has 5 nitrogen and oxygen atoms in total. The molecular weight excluding hydrogens is 358 g/mol. The Balaban J connectivity index is 1.49. The lowest BCUT2D eigenvalue weighted by Gasteiger charge is -2.38. The van der Waals surface area contributed by atoms with Crippen molar-refractivity contribution < 1.29 is 9.53 Å². The summed E-state index contributed by atoms with van der Waals surface area (Å²) in [6.45, 7) is 8.83. The number of rotatable bonds is 6. The third-order valence-corrected chi connectivity index (χ3v) is 6.77. The van der Waals surface area contributed by atoms with Crippen LogP contribution in [0.25, 0.3) is 0 Å². The van der Waals surface area contributed by atoms with Crippen LogP contribution in [-0.2, 0) is 4.74 Å². The molecule has 2 aliphatic rings. The average molecular weight is 392 g/mol. The number of hydrogen-bond acceptors (Lipinski definition) is 4. The number of carbonyl (C=O) groups is 1. The maximum atomic E-state index is 12.4. The molecule has 150 valence electrons. The van der Waals surface area contributed by atoms with Crippen molar-refractivity contribution in [1.29, 1.82) is 0 Å². The summed E-state index contributed by atoms with van der Waals surface area (Å²) in [5.41, 5.74) is 0.910. The molecule has 3 atom stereocenters. The Hall–Kier alpha value is -1.24. The number of thioether (sulfide) groups is 1. The predicted molar refractivity (Wildman–Crippen MR) is 113 cm³/mol. The molecule has 0 unspecified atom stereocenters. The number of morpholine rings is 1. The number of nitrogens with zero attached hydrogens (tertiary/aromatic N) is 1. The van der Waals surface area contributed by atoms with E-state index in [4.69, 9.17) is 4.74 Å². The second-order valence-corrected chi connectivity index (χ2v) is 9.26. The third kappa shape index (κ3) is 6.13. The highest BCUT2D eigenvalue weighted by molar-refractivity contribution is 8.00. The number of benzene rings is 1. The van der Waals surface area contributed by atoms with Crippen LogP contribution in [0, 0.1) is 0 Å². The summed E-state index contributed by atoms with van der Waals surface area (Å²) in [5.74, 6) is 0. The first kappa shape index (κ1) is 20.5. The van der Waals surface area contributed by atoms with Gasteiger partial charge in [0, 0.05) is 35.8 Å². The van der Waals surface area contributed by atoms with E-state index in [1.54, 1.807) is 0 Å². The molecule has 0 spiro atoms. The highest BCUT2D eigenvalue weighted by atomic mass is 32.2. The number of ether oxygens (including phenoxy) is 1. The monoisotopic (exact) mass is 391 g/mol. The third-order valence-electron chi connectivity index (χ3n) is 5.36. The fourth-order valence-electron chi connectivity index (χ4n) is 3.97. The molecule has 0 radical (unpaired) electrons. The van der Waals surface area contributed by atoms with E-state index in [1.165, 1.54) is 30.6 Å². The van der Waals surface area contributed by atoms with Gasteiger partial charge in [-0.05, 0) is 45.7 Å². The van der Waals surface area contributed by atoms with Crippen LogP contribution in [0.2, 0.25) is 0 Å². The summed E-state index contributed by atoms with van der Waals surface area (Å²) in [5, 5.41) is 6.76. The Morgan fingerprint density at radius 1 is 1.22 bits per heavy atom. The number of urea groups is 1. The van der Waals surface area contributed by atoms with Crippen LogP contribution in [0.5, 0.6) is 0 Å². The SMILES string of the molecule is C[C@@H]1CN([C@H](C)CNC(=O)Nc2ccccc2SC2CCCC2)C[C@@H](C)O1. The van der Waals surface area contributed by atoms with Crippen LogP contribution in [-0.4, -0.2) is 54.1 Å². The number of hydrogen-bond donors (Lipinski definition) is 2. The van der Waals surface area contributed by atoms with Crippen molar-refractivity contribution in [2.45, 2.75) is 74.8 Å². The minimum absolute atomic E-state index is 0.129. The Kier molecular flexibility index (Phi) is 7.44. The molecule has 1 aliphatic heterocycles. The van der Waals surface area contributed by atoms with Gasteiger partial charge < -0.3 is 15.4 Å². The van der Waals surface area contributed by atoms with Gasteiger partial charge in [-0.2, -0.15) is 0 Å². The number of nitrogens with one attached hydrogen (secondary N) is 2. The van der Waals surface area contributed by atoms with Gasteiger partial charge in [0.25, 0.3) is 0 Å². The van der Waals surface area contributed by atoms with E-state index in [-0.39, 0.29) is 24.3 Å². The molecular formula is C21H33N3O2S. The summed E-state index contributed by atoms with van der Waals surface area (Å²) in [6, 6.07) is 8.28. The molecule has 27 heavy (non-hydrogen) atoms. The first-order chi connectivity index (χ1) is 13.0. The van der Waals surface area contributed by atoms with E-state index < -0.39 is 0 Å². The van der Waals surface area contributed by atoms with Crippen molar-refractivity contribution in [1.82, 2.24) is 10.2 Å². The molecule has 2 fully saturated rings. The van der Waals surface area contributed by atoms with Crippen molar-refractivity contribution in [2.75, 3.05) is 25.0 Å². The van der Waals surface area contributed by atoms with E-state index in [0.717, 1.165) is 18.8 Å². The highest BCUT2D eigenvalue weighted by Gasteiger charge is 2.26. The van der Waals surface area contributed by atoms with Gasteiger partial charge >= 0.3 is 6.03 Å². The number of carbonyl (C=O) groups excluding carboxylic acids is 1. The smallest absolute Gasteiger partial charge is 0.319 e. The van der Waals surface area contributed by atoms with E-state index in [0.29, 0.717) is 11.8 Å². The predicted octanol–water partition coefficient (Wildman–Crippen LogP) is 4.34. The zero-order valence-electron chi connectivity index (χ0n) is 16.7. The molecule has 1 heterocycles. The van der Waals surface area contributed by atoms with Gasteiger partial charge in [0.1, 0.15) is 0 Å². The van der Waals surface area contributed by atoms with Gasteiger partial charge in [-0.3, -0.25) is 4.90 Å². The van der Waals surface area contributed by atoms with Gasteiger partial charge in [-0.25, -0.2) is 4.79 Å². The van der Waals surface area contributed by atoms with E-state index >= 15 is 0 Å². The Morgan fingerprint density at radius 3 is 2.59 bits per heavy atom. The van der Waals surface area contributed by atoms with Crippen molar-refractivity contribution in [3.8, 4) is 0 Å². The molecule has 1 saturated heterocycles. The Morgan fingerprint density at radius 2 is 1.89 bits per heavy atom. The molecule has 1 aromatic rings. The molecule has 0 aromatic heterocycles. The number of para-hydroxylation sites is 1. The summed E-state index contributed by atoms with van der Waals surface area (Å²) in [6.07, 6.45) is 5.68. The van der Waals surface area contributed by atoms with Gasteiger partial charge in [0.2, 0.25) is 0 Å². The Bertz CT molecular complexity index is 611. The summed E-state index contributed by atoms with van der Waals surface area (Å²) in [4.78, 5) is 16.0. The summed E-state index contributed by atoms with van der Waals surface area (Å²) < 4.78 is 5.80. The number of anilines is 1. The minimum atomic E-state index is -0.129. The molecule has 6 heteroatoms. The van der Waals surface area contributed by atoms with Gasteiger partial charge in [0.05, 0.1) is 17.9 Å². The molecule has 2 amide bonds. The van der Waals surface area contributed by atoms with Crippen molar-refractivity contribution in [3.63, 3.8) is 0 Å². The fourth-order valence-corrected chi connectivity index (χ4v) is 5.30. The van der Waals surface area contributed by atoms with Crippen LogP contribution in [0.3, 0.4) is 0 Å². The first-order valence-electron chi connectivity index (χ1n) is 10.2.